The maximum absolute atomic E-state index is 12.5. The largest absolute Gasteiger partial charge is 0.427 e. The van der Waals surface area contributed by atoms with Crippen LogP contribution in [0.5, 0.6) is 0 Å². The molecule has 0 aromatic heterocycles. The third kappa shape index (κ3) is 2.73. The molecule has 2 N–H and O–H groups in total. The van der Waals surface area contributed by atoms with E-state index in [0.717, 1.165) is 6.54 Å². The Hall–Kier alpha value is -0.950. The zero-order valence-corrected chi connectivity index (χ0v) is 13.1. The molecular weight excluding hydrogens is 274 g/mol. The predicted molar refractivity (Wildman–Crippen MR) is 76.4 cm³/mol. The van der Waals surface area contributed by atoms with Crippen molar-refractivity contribution in [1.29, 1.82) is 0 Å². The van der Waals surface area contributed by atoms with E-state index in [9.17, 15) is 15.0 Å². The molecule has 6 nitrogen and oxygen atoms in total. The van der Waals surface area contributed by atoms with E-state index in [2.05, 4.69) is 4.90 Å². The number of fused-ring (bicyclic) bond motifs is 1. The number of carbonyl (C=O) groups is 1. The van der Waals surface area contributed by atoms with Crippen LogP contribution >= 0.6 is 0 Å². The summed E-state index contributed by atoms with van der Waals surface area (Å²) in [5.41, 5.74) is -1.72. The van der Waals surface area contributed by atoms with E-state index in [1.807, 2.05) is 0 Å². The fraction of sp³-hybridized carbons (Fsp3) is 0.800. The van der Waals surface area contributed by atoms with Gasteiger partial charge in [-0.2, -0.15) is 0 Å². The lowest BCUT2D eigenvalue weighted by atomic mass is 9.85. The van der Waals surface area contributed by atoms with Crippen LogP contribution in [-0.2, 0) is 14.3 Å². The lowest BCUT2D eigenvalue weighted by Gasteiger charge is -2.34. The highest BCUT2D eigenvalue weighted by Crippen LogP contribution is 2.32. The molecule has 2 heterocycles. The van der Waals surface area contributed by atoms with Crippen LogP contribution in [0.15, 0.2) is 11.8 Å². The SMILES string of the molecule is COC(C)C(O)(C(=O)OC1=CCN2CC[C@@H](O)[C@@H]12)C(C)C. The summed E-state index contributed by atoms with van der Waals surface area (Å²) in [6, 6.07) is -0.275. The second kappa shape index (κ2) is 6.04. The minimum Gasteiger partial charge on any atom is -0.427 e. The molecule has 0 saturated carbocycles. The summed E-state index contributed by atoms with van der Waals surface area (Å²) in [5, 5.41) is 20.7. The van der Waals surface area contributed by atoms with Crippen LogP contribution in [0.3, 0.4) is 0 Å². The van der Waals surface area contributed by atoms with E-state index < -0.39 is 23.8 Å². The van der Waals surface area contributed by atoms with Crippen LogP contribution in [0.25, 0.3) is 0 Å². The quantitative estimate of drug-likeness (QED) is 0.710. The molecule has 0 spiro atoms. The van der Waals surface area contributed by atoms with Crippen LogP contribution in [0.1, 0.15) is 27.2 Å². The van der Waals surface area contributed by atoms with E-state index in [0.29, 0.717) is 18.7 Å². The smallest absolute Gasteiger partial charge is 0.346 e. The molecule has 2 rings (SSSR count). The van der Waals surface area contributed by atoms with Crippen LogP contribution in [0.4, 0.5) is 0 Å². The second-order valence-corrected chi connectivity index (χ2v) is 6.15. The van der Waals surface area contributed by atoms with Crippen molar-refractivity contribution in [3.05, 3.63) is 11.8 Å². The molecule has 6 heteroatoms. The number of methoxy groups -OCH3 is 1. The number of ether oxygens (including phenoxy) is 2. The first kappa shape index (κ1) is 16.4. The molecule has 2 aliphatic heterocycles. The zero-order valence-electron chi connectivity index (χ0n) is 13.1. The van der Waals surface area contributed by atoms with E-state index >= 15 is 0 Å². The summed E-state index contributed by atoms with van der Waals surface area (Å²) in [7, 11) is 1.45. The van der Waals surface area contributed by atoms with Gasteiger partial charge >= 0.3 is 5.97 Å². The van der Waals surface area contributed by atoms with Gasteiger partial charge in [-0.05, 0) is 25.3 Å². The van der Waals surface area contributed by atoms with Crippen molar-refractivity contribution >= 4 is 5.97 Å². The summed E-state index contributed by atoms with van der Waals surface area (Å²) >= 11 is 0. The molecule has 2 unspecified atom stereocenters. The Balaban J connectivity index is 2.13. The topological polar surface area (TPSA) is 79.2 Å². The highest BCUT2D eigenvalue weighted by molar-refractivity contribution is 5.81. The molecule has 120 valence electrons. The number of carbonyl (C=O) groups excluding carboxylic acids is 1. The Kier molecular flexibility index (Phi) is 4.72. The molecule has 1 saturated heterocycles. The first-order chi connectivity index (χ1) is 9.82. The van der Waals surface area contributed by atoms with Gasteiger partial charge in [-0.15, -0.1) is 0 Å². The lowest BCUT2D eigenvalue weighted by Crippen LogP contribution is -2.54. The van der Waals surface area contributed by atoms with Gasteiger partial charge in [0, 0.05) is 20.2 Å². The highest BCUT2D eigenvalue weighted by Gasteiger charge is 2.49. The number of nitrogens with zero attached hydrogens (tertiary/aromatic N) is 1. The monoisotopic (exact) mass is 299 g/mol. The number of rotatable bonds is 5. The third-order valence-corrected chi connectivity index (χ3v) is 4.68. The standard InChI is InChI=1S/C15H25NO5/c1-9(2)15(19,10(3)20-4)14(18)21-12-6-8-16-7-5-11(17)13(12)16/h6,9-11,13,17,19H,5,7-8H2,1-4H3/t10?,11-,13+,15?/m1/s1. The molecule has 0 aliphatic carbocycles. The lowest BCUT2D eigenvalue weighted by molar-refractivity contribution is -0.184. The predicted octanol–water partition coefficient (Wildman–Crippen LogP) is 0.284. The van der Waals surface area contributed by atoms with Gasteiger partial charge in [0.25, 0.3) is 0 Å². The normalized spacial score (nSPS) is 30.0. The Labute approximate surface area is 125 Å². The number of esters is 1. The van der Waals surface area contributed by atoms with E-state index in [4.69, 9.17) is 9.47 Å². The van der Waals surface area contributed by atoms with Crippen molar-refractivity contribution in [3.63, 3.8) is 0 Å². The van der Waals surface area contributed by atoms with Crippen molar-refractivity contribution in [3.8, 4) is 0 Å². The second-order valence-electron chi connectivity index (χ2n) is 6.15. The minimum atomic E-state index is -1.72. The zero-order chi connectivity index (χ0) is 15.8. The van der Waals surface area contributed by atoms with Crippen molar-refractivity contribution in [1.82, 2.24) is 4.90 Å². The first-order valence-corrected chi connectivity index (χ1v) is 7.42. The fourth-order valence-corrected chi connectivity index (χ4v) is 3.08. The summed E-state index contributed by atoms with van der Waals surface area (Å²) in [5.74, 6) is -0.641. The van der Waals surface area contributed by atoms with Gasteiger partial charge in [-0.3, -0.25) is 4.90 Å². The molecular formula is C15H25NO5. The summed E-state index contributed by atoms with van der Waals surface area (Å²) in [4.78, 5) is 14.5. The Morgan fingerprint density at radius 1 is 1.48 bits per heavy atom. The number of aliphatic hydroxyl groups excluding tert-OH is 1. The van der Waals surface area contributed by atoms with Gasteiger partial charge in [0.2, 0.25) is 0 Å². The van der Waals surface area contributed by atoms with Crippen LogP contribution in [0.2, 0.25) is 0 Å². The minimum absolute atomic E-state index is 0.275. The molecule has 4 atom stereocenters. The van der Waals surface area contributed by atoms with Crippen molar-refractivity contribution in [2.24, 2.45) is 5.92 Å². The van der Waals surface area contributed by atoms with E-state index in [1.165, 1.54) is 7.11 Å². The average Bonchev–Trinajstić information content (AvgIpc) is 3.01. The van der Waals surface area contributed by atoms with Crippen LogP contribution in [-0.4, -0.2) is 65.1 Å². The number of aliphatic hydroxyl groups is 2. The Morgan fingerprint density at radius 2 is 2.14 bits per heavy atom. The third-order valence-electron chi connectivity index (χ3n) is 4.68. The first-order valence-electron chi connectivity index (χ1n) is 7.42. The number of hydrogen-bond acceptors (Lipinski definition) is 6. The Morgan fingerprint density at radius 3 is 2.71 bits per heavy atom. The van der Waals surface area contributed by atoms with Crippen LogP contribution in [0, 0.1) is 5.92 Å². The van der Waals surface area contributed by atoms with Crippen molar-refractivity contribution in [2.75, 3.05) is 20.2 Å². The van der Waals surface area contributed by atoms with Gasteiger partial charge in [-0.1, -0.05) is 13.8 Å². The van der Waals surface area contributed by atoms with E-state index in [-0.39, 0.29) is 12.0 Å². The molecule has 0 bridgehead atoms. The fourth-order valence-electron chi connectivity index (χ4n) is 3.08. The number of hydrogen-bond donors (Lipinski definition) is 2. The van der Waals surface area contributed by atoms with E-state index in [1.54, 1.807) is 26.8 Å². The molecule has 0 aromatic rings. The van der Waals surface area contributed by atoms with Gasteiger partial charge in [0.1, 0.15) is 5.76 Å². The maximum Gasteiger partial charge on any atom is 0.346 e. The molecule has 1 fully saturated rings. The van der Waals surface area contributed by atoms with Crippen LogP contribution < -0.4 is 0 Å². The van der Waals surface area contributed by atoms with Crippen molar-refractivity contribution < 1.29 is 24.5 Å². The Bertz CT molecular complexity index is 436. The molecule has 2 aliphatic rings. The van der Waals surface area contributed by atoms with Gasteiger partial charge in [0.15, 0.2) is 5.60 Å². The summed E-state index contributed by atoms with van der Waals surface area (Å²) in [6.07, 6.45) is 1.25. The molecule has 0 amide bonds. The highest BCUT2D eigenvalue weighted by atomic mass is 16.6. The summed E-state index contributed by atoms with van der Waals surface area (Å²) in [6.45, 7) is 6.57. The van der Waals surface area contributed by atoms with Gasteiger partial charge < -0.3 is 19.7 Å². The summed E-state index contributed by atoms with van der Waals surface area (Å²) < 4.78 is 10.6. The molecule has 21 heavy (non-hydrogen) atoms. The van der Waals surface area contributed by atoms with Gasteiger partial charge in [0.05, 0.1) is 18.2 Å². The average molecular weight is 299 g/mol. The van der Waals surface area contributed by atoms with Gasteiger partial charge in [-0.25, -0.2) is 4.79 Å². The maximum atomic E-state index is 12.5. The van der Waals surface area contributed by atoms with Crippen molar-refractivity contribution in [2.45, 2.75) is 51.0 Å². The molecule has 0 radical (unpaired) electrons. The molecule has 0 aromatic carbocycles.